The zero-order valence-corrected chi connectivity index (χ0v) is 32.7. The first kappa shape index (κ1) is 38.9. The topological polar surface area (TPSA) is 104 Å². The fourth-order valence-electron chi connectivity index (χ4n) is 6.91. The Balaban J connectivity index is 0.000000204. The van der Waals surface area contributed by atoms with E-state index in [1.54, 1.807) is 6.92 Å². The molecule has 2 heterocycles. The molecule has 0 aliphatic heterocycles. The Morgan fingerprint density at radius 2 is 0.962 bits per heavy atom. The van der Waals surface area contributed by atoms with Crippen molar-refractivity contribution in [1.82, 2.24) is 19.9 Å². The summed E-state index contributed by atoms with van der Waals surface area (Å²) in [6, 6.07) is 13.0. The van der Waals surface area contributed by atoms with Crippen LogP contribution in [0.3, 0.4) is 0 Å². The number of fused-ring (bicyclic) bond motifs is 2. The first-order valence-electron chi connectivity index (χ1n) is 18.2. The van der Waals surface area contributed by atoms with Gasteiger partial charge < -0.3 is 9.47 Å². The van der Waals surface area contributed by atoms with Gasteiger partial charge in [-0.3, -0.25) is 0 Å². The second-order valence-electron chi connectivity index (χ2n) is 16.3. The van der Waals surface area contributed by atoms with Crippen molar-refractivity contribution in [1.29, 1.82) is 0 Å². The molecule has 274 valence electrons. The fourth-order valence-corrected chi connectivity index (χ4v) is 6.91. The van der Waals surface area contributed by atoms with Crippen LogP contribution in [0.5, 0.6) is 0 Å². The third-order valence-corrected chi connectivity index (χ3v) is 10.6. The molecule has 0 saturated carbocycles. The number of aromatic nitrogens is 4. The van der Waals surface area contributed by atoms with E-state index >= 15 is 0 Å². The fraction of sp³-hybridized carbons (Fsp3) is 0.422. The van der Waals surface area contributed by atoms with Crippen molar-refractivity contribution in [3.63, 3.8) is 0 Å². The highest BCUT2D eigenvalue weighted by Gasteiger charge is 2.38. The highest BCUT2D eigenvalue weighted by Crippen LogP contribution is 2.47. The van der Waals surface area contributed by atoms with Gasteiger partial charge in [-0.2, -0.15) is 0 Å². The Morgan fingerprint density at radius 1 is 0.566 bits per heavy atom. The van der Waals surface area contributed by atoms with Gasteiger partial charge in [0.05, 0.1) is 38.5 Å². The molecule has 0 spiro atoms. The summed E-state index contributed by atoms with van der Waals surface area (Å²) in [7, 11) is 1.32. The highest BCUT2D eigenvalue weighted by molar-refractivity contribution is 5.87. The summed E-state index contributed by atoms with van der Waals surface area (Å²) in [4.78, 5) is 39.5. The van der Waals surface area contributed by atoms with Gasteiger partial charge in [0.2, 0.25) is 0 Å². The molecule has 0 unspecified atom stereocenters. The van der Waals surface area contributed by atoms with Crippen LogP contribution in [-0.2, 0) is 31.1 Å². The van der Waals surface area contributed by atoms with Crippen molar-refractivity contribution in [3.8, 4) is 23.7 Å². The minimum Gasteiger partial charge on any atom is -0.464 e. The SMILES string of the molecule is CCOC(=O)c1cnc(C#Cc2ccc3c(c2)C(C)(C)CCC3(C)C)cn1.COC(=O)c1cnc(C#Cc2ccc3c(c2)C(C)(C)CCC3(C)C)cn1. The summed E-state index contributed by atoms with van der Waals surface area (Å²) >= 11 is 0. The van der Waals surface area contributed by atoms with Crippen LogP contribution in [0, 0.1) is 23.7 Å². The summed E-state index contributed by atoms with van der Waals surface area (Å²) in [6.45, 7) is 20.5. The van der Waals surface area contributed by atoms with Crippen LogP contribution in [0.15, 0.2) is 61.2 Å². The van der Waals surface area contributed by atoms with Gasteiger partial charge in [0.1, 0.15) is 11.4 Å². The van der Waals surface area contributed by atoms with Gasteiger partial charge in [0.15, 0.2) is 11.4 Å². The molecule has 0 amide bonds. The largest absolute Gasteiger partial charge is 0.464 e. The molecule has 0 bridgehead atoms. The number of benzene rings is 2. The van der Waals surface area contributed by atoms with Crippen molar-refractivity contribution >= 4 is 11.9 Å². The first-order chi connectivity index (χ1) is 25.0. The number of hydrogen-bond donors (Lipinski definition) is 0. The molecule has 4 aromatic rings. The van der Waals surface area contributed by atoms with E-state index < -0.39 is 11.9 Å². The van der Waals surface area contributed by atoms with Crippen molar-refractivity contribution in [2.24, 2.45) is 0 Å². The monoisotopic (exact) mass is 710 g/mol. The quantitative estimate of drug-likeness (QED) is 0.154. The van der Waals surface area contributed by atoms with Crippen molar-refractivity contribution in [2.75, 3.05) is 13.7 Å². The lowest BCUT2D eigenvalue weighted by Crippen LogP contribution is -2.33. The van der Waals surface area contributed by atoms with Gasteiger partial charge in [-0.1, -0.05) is 79.4 Å². The number of nitrogens with zero attached hydrogens (tertiary/aromatic N) is 4. The summed E-state index contributed by atoms with van der Waals surface area (Å²) in [5, 5.41) is 0. The van der Waals surface area contributed by atoms with Gasteiger partial charge in [0, 0.05) is 11.1 Å². The van der Waals surface area contributed by atoms with Crippen molar-refractivity contribution in [3.05, 3.63) is 117 Å². The van der Waals surface area contributed by atoms with E-state index in [0.29, 0.717) is 18.0 Å². The average Bonchev–Trinajstić information content (AvgIpc) is 3.14. The van der Waals surface area contributed by atoms with E-state index in [-0.39, 0.29) is 33.0 Å². The maximum atomic E-state index is 11.6. The summed E-state index contributed by atoms with van der Waals surface area (Å²) in [6.07, 6.45) is 10.5. The average molecular weight is 711 g/mol. The maximum Gasteiger partial charge on any atom is 0.358 e. The van der Waals surface area contributed by atoms with E-state index in [9.17, 15) is 9.59 Å². The Hall–Kier alpha value is -5.34. The zero-order chi connectivity index (χ0) is 38.6. The second kappa shape index (κ2) is 15.3. The standard InChI is InChI=1S/C23H26N2O2.C22H24N2O2/c1-6-27-21(26)20-15-24-17(14-25-20)9-7-16-8-10-18-19(13-16)23(4,5)12-11-22(18,2)3;1-21(2)10-11-22(3,4)18-12-15(7-9-17(18)21)6-8-16-13-24-19(14-23-16)20(25)26-5/h8,10,13-15H,6,11-12H2,1-5H3;7,9,12-14H,10-11H2,1-5H3. The van der Waals surface area contributed by atoms with E-state index in [2.05, 4.69) is 140 Å². The van der Waals surface area contributed by atoms with Gasteiger partial charge in [-0.15, -0.1) is 0 Å². The lowest BCUT2D eigenvalue weighted by molar-refractivity contribution is 0.0517. The molecule has 8 nitrogen and oxygen atoms in total. The number of methoxy groups -OCH3 is 1. The van der Waals surface area contributed by atoms with Crippen molar-refractivity contribution < 1.29 is 19.1 Å². The molecule has 2 aromatic heterocycles. The zero-order valence-electron chi connectivity index (χ0n) is 32.7. The van der Waals surface area contributed by atoms with Gasteiger partial charge in [0.25, 0.3) is 0 Å². The summed E-state index contributed by atoms with van der Waals surface area (Å²) < 4.78 is 9.53. The molecule has 53 heavy (non-hydrogen) atoms. The van der Waals surface area contributed by atoms with Crippen LogP contribution in [0.25, 0.3) is 0 Å². The molecular formula is C45H50N4O4. The van der Waals surface area contributed by atoms with Crippen LogP contribution in [0.2, 0.25) is 0 Å². The molecule has 2 aromatic carbocycles. The number of hydrogen-bond acceptors (Lipinski definition) is 8. The minimum absolute atomic E-state index is 0.156. The number of esters is 2. The number of carbonyl (C=O) groups excluding carboxylic acids is 2. The first-order valence-corrected chi connectivity index (χ1v) is 18.2. The third kappa shape index (κ3) is 9.00. The van der Waals surface area contributed by atoms with Crippen molar-refractivity contribution in [2.45, 2.75) is 110 Å². The predicted molar refractivity (Wildman–Crippen MR) is 207 cm³/mol. The van der Waals surface area contributed by atoms with Crippen LogP contribution in [-0.4, -0.2) is 45.6 Å². The van der Waals surface area contributed by atoms with E-state index in [4.69, 9.17) is 4.74 Å². The predicted octanol–water partition coefficient (Wildman–Crippen LogP) is 8.41. The maximum absolute atomic E-state index is 11.6. The minimum atomic E-state index is -0.503. The molecule has 2 aliphatic carbocycles. The smallest absolute Gasteiger partial charge is 0.358 e. The second-order valence-corrected chi connectivity index (χ2v) is 16.3. The van der Waals surface area contributed by atoms with E-state index in [1.807, 2.05) is 0 Å². The molecule has 0 fully saturated rings. The Kier molecular flexibility index (Phi) is 11.2. The molecule has 0 saturated heterocycles. The van der Waals surface area contributed by atoms with E-state index in [0.717, 1.165) is 11.1 Å². The third-order valence-electron chi connectivity index (χ3n) is 10.6. The van der Waals surface area contributed by atoms with Gasteiger partial charge in [-0.05, 0) is 113 Å². The number of rotatable bonds is 3. The molecule has 0 radical (unpaired) electrons. The Bertz CT molecular complexity index is 2120. The highest BCUT2D eigenvalue weighted by atomic mass is 16.5. The normalized spacial score (nSPS) is 16.7. The van der Waals surface area contributed by atoms with Crippen LogP contribution in [0.4, 0.5) is 0 Å². The molecule has 2 aliphatic rings. The molecule has 0 N–H and O–H groups in total. The van der Waals surface area contributed by atoms with Crippen LogP contribution >= 0.6 is 0 Å². The van der Waals surface area contributed by atoms with E-state index in [1.165, 1.54) is 79.8 Å². The van der Waals surface area contributed by atoms with Gasteiger partial charge in [-0.25, -0.2) is 29.5 Å². The molecule has 0 atom stereocenters. The molecule has 8 heteroatoms. The Morgan fingerprint density at radius 3 is 1.32 bits per heavy atom. The summed E-state index contributed by atoms with van der Waals surface area (Å²) in [5.41, 5.74) is 9.67. The lowest BCUT2D eigenvalue weighted by atomic mass is 9.63. The number of ether oxygens (including phenoxy) is 2. The van der Waals surface area contributed by atoms with Crippen LogP contribution < -0.4 is 0 Å². The molecule has 6 rings (SSSR count). The van der Waals surface area contributed by atoms with Gasteiger partial charge >= 0.3 is 11.9 Å². The summed E-state index contributed by atoms with van der Waals surface area (Å²) in [5.74, 6) is 11.4. The lowest BCUT2D eigenvalue weighted by Gasteiger charge is -2.41. The Labute approximate surface area is 314 Å². The number of carbonyl (C=O) groups is 2. The molecular weight excluding hydrogens is 661 g/mol. The van der Waals surface area contributed by atoms with Crippen LogP contribution in [0.1, 0.15) is 154 Å².